The van der Waals surface area contributed by atoms with Crippen molar-refractivity contribution in [3.8, 4) is 0 Å². The number of nitrogens with zero attached hydrogens (tertiary/aromatic N) is 4. The number of fused-ring (bicyclic) bond motifs is 2. The van der Waals surface area contributed by atoms with Crippen LogP contribution in [-0.4, -0.2) is 56.0 Å². The van der Waals surface area contributed by atoms with E-state index in [0.29, 0.717) is 30.3 Å². The van der Waals surface area contributed by atoms with E-state index in [0.717, 1.165) is 80.8 Å². The van der Waals surface area contributed by atoms with Gasteiger partial charge in [-0.25, -0.2) is 9.50 Å². The third-order valence-corrected chi connectivity index (χ3v) is 7.94. The van der Waals surface area contributed by atoms with Crippen LogP contribution in [0, 0.1) is 11.8 Å². The van der Waals surface area contributed by atoms with Gasteiger partial charge in [0, 0.05) is 62.2 Å². The Morgan fingerprint density at radius 3 is 2.58 bits per heavy atom. The maximum atomic E-state index is 13.3. The number of rotatable bonds is 5. The molecule has 1 aliphatic carbocycles. The molecule has 3 aliphatic rings. The Balaban J connectivity index is 1.34. The van der Waals surface area contributed by atoms with Crippen LogP contribution in [0.5, 0.6) is 0 Å². The van der Waals surface area contributed by atoms with Gasteiger partial charge < -0.3 is 4.90 Å². The van der Waals surface area contributed by atoms with Gasteiger partial charge in [0.1, 0.15) is 0 Å². The van der Waals surface area contributed by atoms with Crippen LogP contribution >= 0.6 is 0 Å². The number of carbonyl (C=O) groups excluding carboxylic acids is 1. The third kappa shape index (κ3) is 3.71. The summed E-state index contributed by atoms with van der Waals surface area (Å²) in [4.78, 5) is 35.1. The Hall–Kier alpha value is -2.15. The van der Waals surface area contributed by atoms with E-state index >= 15 is 0 Å². The monoisotopic (exact) mass is 425 g/mol. The molecule has 168 valence electrons. The van der Waals surface area contributed by atoms with Crippen molar-refractivity contribution in [1.82, 2.24) is 24.4 Å². The van der Waals surface area contributed by atoms with Crippen molar-refractivity contribution in [2.24, 2.45) is 11.8 Å². The molecule has 0 aromatic carbocycles. The van der Waals surface area contributed by atoms with E-state index in [2.05, 4.69) is 36.8 Å². The summed E-state index contributed by atoms with van der Waals surface area (Å²) < 4.78 is 1.65. The smallest absolute Gasteiger partial charge is 0.277 e. The maximum absolute atomic E-state index is 13.3. The lowest BCUT2D eigenvalue weighted by Crippen LogP contribution is -2.42. The van der Waals surface area contributed by atoms with Crippen LogP contribution in [0.3, 0.4) is 0 Å². The van der Waals surface area contributed by atoms with Crippen molar-refractivity contribution in [3.05, 3.63) is 33.4 Å². The molecule has 1 amide bonds. The topological polar surface area (TPSA) is 73.7 Å². The van der Waals surface area contributed by atoms with Crippen molar-refractivity contribution in [1.29, 1.82) is 0 Å². The predicted octanol–water partition coefficient (Wildman–Crippen LogP) is 2.93. The Morgan fingerprint density at radius 1 is 1.23 bits per heavy atom. The van der Waals surface area contributed by atoms with Crippen molar-refractivity contribution >= 4 is 11.6 Å². The van der Waals surface area contributed by atoms with Crippen molar-refractivity contribution in [2.75, 3.05) is 19.6 Å². The summed E-state index contributed by atoms with van der Waals surface area (Å²) in [5, 5.41) is 3.36. The zero-order valence-corrected chi connectivity index (χ0v) is 19.1. The number of aromatic nitrogens is 3. The first kappa shape index (κ1) is 20.7. The fourth-order valence-corrected chi connectivity index (χ4v) is 5.66. The zero-order chi connectivity index (χ0) is 21.7. The molecule has 2 aromatic heterocycles. The summed E-state index contributed by atoms with van der Waals surface area (Å²) in [5.74, 6) is 1.51. The van der Waals surface area contributed by atoms with Gasteiger partial charge in [0.2, 0.25) is 5.91 Å². The number of carbonyl (C=O) groups is 1. The molecule has 31 heavy (non-hydrogen) atoms. The van der Waals surface area contributed by atoms with Crippen LogP contribution in [0.2, 0.25) is 0 Å². The molecule has 0 bridgehead atoms. The van der Waals surface area contributed by atoms with Gasteiger partial charge in [0.15, 0.2) is 5.65 Å². The lowest BCUT2D eigenvalue weighted by Gasteiger charge is -2.33. The number of aromatic amines is 1. The molecule has 0 radical (unpaired) electrons. The lowest BCUT2D eigenvalue weighted by molar-refractivity contribution is -0.133. The highest BCUT2D eigenvalue weighted by Gasteiger charge is 2.42. The molecule has 4 heterocycles. The normalized spacial score (nSPS) is 24.7. The molecule has 2 atom stereocenters. The van der Waals surface area contributed by atoms with Crippen LogP contribution in [0.15, 0.2) is 10.9 Å². The van der Waals surface area contributed by atoms with Crippen LogP contribution in [0.1, 0.15) is 75.7 Å². The molecule has 2 unspecified atom stereocenters. The Morgan fingerprint density at radius 2 is 1.94 bits per heavy atom. The molecule has 7 heteroatoms. The molecule has 1 saturated carbocycles. The van der Waals surface area contributed by atoms with Gasteiger partial charge in [-0.3, -0.25) is 19.6 Å². The van der Waals surface area contributed by atoms with E-state index < -0.39 is 0 Å². The standard InChI is InChI=1S/C24H35N5O2/c1-4-17(5-2)28-11-8-20-19(14-28)24(31)29-22(25-20)13-21(26-29)16-6-9-27(10-7-16)23(30)18-12-15(18)3/h13,15-18,26H,4-12,14H2,1-3H3. The first-order valence-electron chi connectivity index (χ1n) is 12.2. The summed E-state index contributed by atoms with van der Waals surface area (Å²) in [7, 11) is 0. The molecule has 0 spiro atoms. The van der Waals surface area contributed by atoms with Crippen molar-refractivity contribution < 1.29 is 4.79 Å². The van der Waals surface area contributed by atoms with E-state index in [4.69, 9.17) is 4.98 Å². The Labute approximate surface area is 183 Å². The molecular formula is C24H35N5O2. The number of H-pyrrole nitrogens is 1. The number of hydrogen-bond donors (Lipinski definition) is 1. The van der Waals surface area contributed by atoms with Gasteiger partial charge in [-0.1, -0.05) is 20.8 Å². The molecular weight excluding hydrogens is 390 g/mol. The average molecular weight is 426 g/mol. The van der Waals surface area contributed by atoms with Crippen LogP contribution in [-0.2, 0) is 17.8 Å². The minimum Gasteiger partial charge on any atom is -0.342 e. The van der Waals surface area contributed by atoms with Crippen molar-refractivity contribution in [3.63, 3.8) is 0 Å². The largest absolute Gasteiger partial charge is 0.342 e. The number of hydrogen-bond acceptors (Lipinski definition) is 4. The van der Waals surface area contributed by atoms with E-state index in [1.165, 1.54) is 0 Å². The van der Waals surface area contributed by atoms with Crippen LogP contribution in [0.4, 0.5) is 0 Å². The Bertz CT molecular complexity index is 1030. The number of piperidine rings is 1. The van der Waals surface area contributed by atoms with Gasteiger partial charge in [0.25, 0.3) is 5.56 Å². The summed E-state index contributed by atoms with van der Waals surface area (Å²) in [5.41, 5.74) is 3.69. The zero-order valence-electron chi connectivity index (χ0n) is 19.1. The van der Waals surface area contributed by atoms with Gasteiger partial charge in [-0.05, 0) is 38.0 Å². The Kier molecular flexibility index (Phi) is 5.40. The van der Waals surface area contributed by atoms with E-state index in [9.17, 15) is 9.59 Å². The summed E-state index contributed by atoms with van der Waals surface area (Å²) in [6.45, 7) is 9.90. The van der Waals surface area contributed by atoms with Gasteiger partial charge in [0.05, 0.1) is 11.3 Å². The molecule has 2 aromatic rings. The molecule has 5 rings (SSSR count). The number of likely N-dealkylation sites (tertiary alicyclic amines) is 1. The molecule has 2 aliphatic heterocycles. The molecule has 1 saturated heterocycles. The minimum absolute atomic E-state index is 0.0530. The second kappa shape index (κ2) is 8.08. The van der Waals surface area contributed by atoms with Crippen LogP contribution in [0.25, 0.3) is 5.65 Å². The molecule has 1 N–H and O–H groups in total. The fourth-order valence-electron chi connectivity index (χ4n) is 5.66. The predicted molar refractivity (Wildman–Crippen MR) is 120 cm³/mol. The van der Waals surface area contributed by atoms with E-state index in [1.807, 2.05) is 4.90 Å². The first-order valence-corrected chi connectivity index (χ1v) is 12.2. The third-order valence-electron chi connectivity index (χ3n) is 7.94. The highest BCUT2D eigenvalue weighted by molar-refractivity contribution is 5.81. The van der Waals surface area contributed by atoms with Crippen LogP contribution < -0.4 is 5.56 Å². The number of nitrogens with one attached hydrogen (secondary N) is 1. The summed E-state index contributed by atoms with van der Waals surface area (Å²) in [6.07, 6.45) is 5.99. The average Bonchev–Trinajstić information content (AvgIpc) is 3.36. The highest BCUT2D eigenvalue weighted by Crippen LogP contribution is 2.40. The van der Waals surface area contributed by atoms with Gasteiger partial charge in [-0.2, -0.15) is 0 Å². The minimum atomic E-state index is 0.0530. The van der Waals surface area contributed by atoms with Gasteiger partial charge in [-0.15, -0.1) is 0 Å². The molecule has 2 fully saturated rings. The quantitative estimate of drug-likeness (QED) is 0.799. The summed E-state index contributed by atoms with van der Waals surface area (Å²) in [6, 6.07) is 2.58. The van der Waals surface area contributed by atoms with E-state index in [1.54, 1.807) is 4.52 Å². The fraction of sp³-hybridized carbons (Fsp3) is 0.708. The highest BCUT2D eigenvalue weighted by atomic mass is 16.2. The second-order valence-corrected chi connectivity index (χ2v) is 9.86. The SMILES string of the molecule is CCC(CC)N1CCc2nc3cc(C4CCN(C(=O)C5CC5C)CC4)[nH]n3c(=O)c2C1. The molecule has 7 nitrogen and oxygen atoms in total. The number of amides is 1. The summed E-state index contributed by atoms with van der Waals surface area (Å²) >= 11 is 0. The lowest BCUT2D eigenvalue weighted by atomic mass is 9.93. The second-order valence-electron chi connectivity index (χ2n) is 9.86. The van der Waals surface area contributed by atoms with E-state index in [-0.39, 0.29) is 11.5 Å². The van der Waals surface area contributed by atoms with Crippen molar-refractivity contribution in [2.45, 2.75) is 77.8 Å². The van der Waals surface area contributed by atoms with Gasteiger partial charge >= 0.3 is 0 Å². The first-order chi connectivity index (χ1) is 15.0. The maximum Gasteiger partial charge on any atom is 0.277 e.